The van der Waals surface area contributed by atoms with Crippen molar-refractivity contribution in [1.29, 1.82) is 0 Å². The Kier molecular flexibility index (Phi) is 4.47. The molecule has 0 bridgehead atoms. The highest BCUT2D eigenvalue weighted by molar-refractivity contribution is 7.84. The summed E-state index contributed by atoms with van der Waals surface area (Å²) >= 11 is 0. The van der Waals surface area contributed by atoms with E-state index < -0.39 is 10.8 Å². The third-order valence-electron chi connectivity index (χ3n) is 3.08. The fourth-order valence-corrected chi connectivity index (χ4v) is 2.79. The van der Waals surface area contributed by atoms with Gasteiger partial charge in [0, 0.05) is 18.8 Å². The molecule has 1 aromatic heterocycles. The molecule has 0 saturated carbocycles. The lowest BCUT2D eigenvalue weighted by Crippen LogP contribution is -2.36. The lowest BCUT2D eigenvalue weighted by atomic mass is 10.1. The summed E-state index contributed by atoms with van der Waals surface area (Å²) in [5.74, 6) is 0.485. The summed E-state index contributed by atoms with van der Waals surface area (Å²) in [4.78, 5) is 18.3. The molecule has 5 heteroatoms. The smallest absolute Gasteiger partial charge is 0.272 e. The van der Waals surface area contributed by atoms with Gasteiger partial charge in [-0.25, -0.2) is 4.98 Å². The lowest BCUT2D eigenvalue weighted by Gasteiger charge is -2.26. The Morgan fingerprint density at radius 1 is 1.33 bits per heavy atom. The van der Waals surface area contributed by atoms with Crippen LogP contribution in [0.4, 0.5) is 0 Å². The van der Waals surface area contributed by atoms with Crippen molar-refractivity contribution < 1.29 is 9.00 Å². The van der Waals surface area contributed by atoms with Crippen molar-refractivity contribution >= 4 is 16.7 Å². The topological polar surface area (TPSA) is 50.3 Å². The van der Waals surface area contributed by atoms with Gasteiger partial charge < -0.3 is 4.90 Å². The van der Waals surface area contributed by atoms with Gasteiger partial charge in [0.15, 0.2) is 0 Å². The first-order valence-corrected chi connectivity index (χ1v) is 7.69. The van der Waals surface area contributed by atoms with Crippen molar-refractivity contribution in [2.45, 2.75) is 31.2 Å². The minimum Gasteiger partial charge on any atom is -0.337 e. The highest BCUT2D eigenvalue weighted by Gasteiger charge is 2.19. The van der Waals surface area contributed by atoms with Crippen LogP contribution in [0, 0.1) is 0 Å². The van der Waals surface area contributed by atoms with Crippen molar-refractivity contribution in [3.63, 3.8) is 0 Å². The van der Waals surface area contributed by atoms with Crippen LogP contribution in [0.3, 0.4) is 0 Å². The zero-order chi connectivity index (χ0) is 13.0. The Morgan fingerprint density at radius 2 is 2.06 bits per heavy atom. The van der Waals surface area contributed by atoms with Gasteiger partial charge in [0.05, 0.1) is 10.8 Å². The number of amides is 1. The van der Waals surface area contributed by atoms with E-state index in [1.54, 1.807) is 18.2 Å². The molecule has 1 saturated heterocycles. The number of nitrogens with zero attached hydrogens (tertiary/aromatic N) is 2. The van der Waals surface area contributed by atoms with Crippen LogP contribution in [0.25, 0.3) is 0 Å². The minimum atomic E-state index is -1.10. The van der Waals surface area contributed by atoms with E-state index in [2.05, 4.69) is 4.98 Å². The summed E-state index contributed by atoms with van der Waals surface area (Å²) in [7, 11) is -1.10. The molecule has 2 rings (SSSR count). The van der Waals surface area contributed by atoms with Crippen LogP contribution < -0.4 is 0 Å². The third-order valence-corrected chi connectivity index (χ3v) is 4.30. The Labute approximate surface area is 110 Å². The second-order valence-electron chi connectivity index (χ2n) is 4.35. The molecule has 1 atom stereocenters. The van der Waals surface area contributed by atoms with Gasteiger partial charge in [0.25, 0.3) is 5.91 Å². The maximum absolute atomic E-state index is 12.2. The van der Waals surface area contributed by atoms with Gasteiger partial charge in [0.1, 0.15) is 10.7 Å². The van der Waals surface area contributed by atoms with Crippen LogP contribution in [-0.4, -0.2) is 38.8 Å². The predicted molar refractivity (Wildman–Crippen MR) is 70.9 cm³/mol. The van der Waals surface area contributed by atoms with Gasteiger partial charge in [-0.2, -0.15) is 0 Å². The predicted octanol–water partition coefficient (Wildman–Crippen LogP) is 1.84. The van der Waals surface area contributed by atoms with Crippen molar-refractivity contribution in [3.05, 3.63) is 23.9 Å². The molecule has 0 aliphatic carbocycles. The standard InChI is InChI=1S/C13H18N2O2S/c1-2-18(17)12-8-6-7-11(14-12)13(16)15-9-4-3-5-10-15/h6-8H,2-5,9-10H2,1H3. The molecule has 4 nitrogen and oxygen atoms in total. The second kappa shape index (κ2) is 6.09. The Balaban J connectivity index is 2.17. The van der Waals surface area contributed by atoms with Gasteiger partial charge in [-0.05, 0) is 31.4 Å². The van der Waals surface area contributed by atoms with Crippen molar-refractivity contribution in [1.82, 2.24) is 9.88 Å². The number of pyridine rings is 1. The number of hydrogen-bond acceptors (Lipinski definition) is 3. The Morgan fingerprint density at radius 3 is 2.72 bits per heavy atom. The first-order valence-electron chi connectivity index (χ1n) is 6.37. The number of hydrogen-bond donors (Lipinski definition) is 0. The Bertz CT molecular complexity index is 456. The monoisotopic (exact) mass is 266 g/mol. The lowest BCUT2D eigenvalue weighted by molar-refractivity contribution is 0.0717. The van der Waals surface area contributed by atoms with E-state index in [0.29, 0.717) is 16.5 Å². The molecule has 0 spiro atoms. The molecule has 98 valence electrons. The number of rotatable bonds is 3. The average molecular weight is 266 g/mol. The number of piperidine rings is 1. The summed E-state index contributed by atoms with van der Waals surface area (Å²) in [5, 5.41) is 0.500. The molecular weight excluding hydrogens is 248 g/mol. The van der Waals surface area contributed by atoms with Crippen molar-refractivity contribution in [2.75, 3.05) is 18.8 Å². The van der Waals surface area contributed by atoms with Gasteiger partial charge >= 0.3 is 0 Å². The largest absolute Gasteiger partial charge is 0.337 e. The molecule has 0 N–H and O–H groups in total. The summed E-state index contributed by atoms with van der Waals surface area (Å²) in [5.41, 5.74) is 0.413. The van der Waals surface area contributed by atoms with E-state index in [9.17, 15) is 9.00 Å². The summed E-state index contributed by atoms with van der Waals surface area (Å²) in [6, 6.07) is 5.17. The first-order chi connectivity index (χ1) is 8.72. The SMILES string of the molecule is CCS(=O)c1cccc(C(=O)N2CCCCC2)n1. The molecule has 1 fully saturated rings. The summed E-state index contributed by atoms with van der Waals surface area (Å²) < 4.78 is 11.7. The number of aromatic nitrogens is 1. The Hall–Kier alpha value is -1.23. The van der Waals surface area contributed by atoms with E-state index in [0.717, 1.165) is 25.9 Å². The fraction of sp³-hybridized carbons (Fsp3) is 0.538. The molecule has 1 aliphatic rings. The van der Waals surface area contributed by atoms with Gasteiger partial charge in [0.2, 0.25) is 0 Å². The normalized spacial score (nSPS) is 17.5. The van der Waals surface area contributed by atoms with Crippen LogP contribution in [0.15, 0.2) is 23.2 Å². The van der Waals surface area contributed by atoms with Gasteiger partial charge in [-0.1, -0.05) is 13.0 Å². The van der Waals surface area contributed by atoms with Crippen LogP contribution in [0.1, 0.15) is 36.7 Å². The number of likely N-dealkylation sites (tertiary alicyclic amines) is 1. The minimum absolute atomic E-state index is 0.0374. The first kappa shape index (κ1) is 13.2. The number of carbonyl (C=O) groups excluding carboxylic acids is 1. The summed E-state index contributed by atoms with van der Waals surface area (Å²) in [6.45, 7) is 3.46. The van der Waals surface area contributed by atoms with Crippen molar-refractivity contribution in [2.24, 2.45) is 0 Å². The number of carbonyl (C=O) groups is 1. The highest BCUT2D eigenvalue weighted by atomic mass is 32.2. The van der Waals surface area contributed by atoms with E-state index >= 15 is 0 Å². The van der Waals surface area contributed by atoms with E-state index in [4.69, 9.17) is 0 Å². The average Bonchev–Trinajstić information content (AvgIpc) is 2.46. The third kappa shape index (κ3) is 2.96. The summed E-state index contributed by atoms with van der Waals surface area (Å²) in [6.07, 6.45) is 3.32. The van der Waals surface area contributed by atoms with Crippen LogP contribution in [0.5, 0.6) is 0 Å². The zero-order valence-corrected chi connectivity index (χ0v) is 11.4. The molecular formula is C13H18N2O2S. The van der Waals surface area contributed by atoms with Crippen LogP contribution in [0.2, 0.25) is 0 Å². The molecule has 1 aliphatic heterocycles. The fourth-order valence-electron chi connectivity index (χ4n) is 2.07. The molecule has 1 amide bonds. The molecule has 0 aromatic carbocycles. The molecule has 18 heavy (non-hydrogen) atoms. The van der Waals surface area contributed by atoms with Gasteiger partial charge in [-0.3, -0.25) is 9.00 Å². The second-order valence-corrected chi connectivity index (χ2v) is 6.03. The van der Waals surface area contributed by atoms with Crippen LogP contribution in [-0.2, 0) is 10.8 Å². The molecule has 1 aromatic rings. The van der Waals surface area contributed by atoms with Gasteiger partial charge in [-0.15, -0.1) is 0 Å². The highest BCUT2D eigenvalue weighted by Crippen LogP contribution is 2.13. The zero-order valence-electron chi connectivity index (χ0n) is 10.6. The quantitative estimate of drug-likeness (QED) is 0.838. The molecule has 2 heterocycles. The van der Waals surface area contributed by atoms with E-state index in [-0.39, 0.29) is 5.91 Å². The maximum atomic E-state index is 12.2. The molecule has 1 unspecified atom stereocenters. The molecule has 0 radical (unpaired) electrons. The maximum Gasteiger partial charge on any atom is 0.272 e. The van der Waals surface area contributed by atoms with Crippen molar-refractivity contribution in [3.8, 4) is 0 Å². The van der Waals surface area contributed by atoms with Crippen LogP contribution >= 0.6 is 0 Å². The van der Waals surface area contributed by atoms with E-state index in [1.807, 2.05) is 11.8 Å². The van der Waals surface area contributed by atoms with E-state index in [1.165, 1.54) is 6.42 Å².